The number of rotatable bonds is 16. The van der Waals surface area contributed by atoms with Crippen molar-refractivity contribution in [3.63, 3.8) is 0 Å². The molecule has 0 atom stereocenters. The van der Waals surface area contributed by atoms with Gasteiger partial charge in [-0.15, -0.1) is 0 Å². The minimum absolute atomic E-state index is 0.315. The van der Waals surface area contributed by atoms with Crippen molar-refractivity contribution in [3.05, 3.63) is 42.0 Å². The molecule has 3 nitrogen and oxygen atoms in total. The molecule has 0 amide bonds. The van der Waals surface area contributed by atoms with E-state index in [1.165, 1.54) is 77.0 Å². The normalized spacial score (nSPS) is 11.9. The molecule has 0 aromatic heterocycles. The topological polar surface area (TPSA) is 60.2 Å². The van der Waals surface area contributed by atoms with Crippen LogP contribution < -0.4 is 5.14 Å². The fourth-order valence-corrected chi connectivity index (χ4v) is 5.36. The molecule has 0 unspecified atom stereocenters. The smallest absolute Gasteiger partial charge is 0.225 e. The number of hydrogen-bond donors (Lipinski definition) is 1. The van der Waals surface area contributed by atoms with E-state index in [1.54, 1.807) is 0 Å². The van der Waals surface area contributed by atoms with Crippen molar-refractivity contribution in [2.75, 3.05) is 0 Å². The zero-order valence-corrected chi connectivity index (χ0v) is 19.7. The number of nitrogens with two attached hydrogens (primary N) is 1. The summed E-state index contributed by atoms with van der Waals surface area (Å²) in [5, 5.41) is 7.21. The number of fused-ring (bicyclic) bond motifs is 1. The molecule has 4 heteroatoms. The Morgan fingerprint density at radius 1 is 0.667 bits per heavy atom. The molecule has 30 heavy (non-hydrogen) atoms. The number of unbranched alkanes of at least 4 members (excludes halogenated alkanes) is 13. The summed E-state index contributed by atoms with van der Waals surface area (Å²) in [6.45, 7) is 2.27. The molecule has 0 fully saturated rings. The van der Waals surface area contributed by atoms with E-state index in [9.17, 15) is 8.42 Å². The van der Waals surface area contributed by atoms with Gasteiger partial charge < -0.3 is 0 Å². The lowest BCUT2D eigenvalue weighted by Gasteiger charge is -2.11. The highest BCUT2D eigenvalue weighted by atomic mass is 32.2. The van der Waals surface area contributed by atoms with Crippen LogP contribution in [-0.2, 0) is 16.4 Å². The lowest BCUT2D eigenvalue weighted by Crippen LogP contribution is -2.15. The minimum atomic E-state index is -3.73. The van der Waals surface area contributed by atoms with Crippen LogP contribution in [0.25, 0.3) is 10.8 Å². The van der Waals surface area contributed by atoms with Gasteiger partial charge in [0.15, 0.2) is 0 Å². The van der Waals surface area contributed by atoms with E-state index in [4.69, 9.17) is 5.14 Å². The molecule has 0 aliphatic carbocycles. The van der Waals surface area contributed by atoms with Crippen molar-refractivity contribution in [1.82, 2.24) is 0 Å². The number of aryl methyl sites for hydroxylation is 1. The molecule has 0 aliphatic heterocycles. The first-order chi connectivity index (χ1) is 14.5. The third kappa shape index (κ3) is 8.77. The van der Waals surface area contributed by atoms with Crippen molar-refractivity contribution in [2.24, 2.45) is 5.14 Å². The van der Waals surface area contributed by atoms with Crippen molar-refractivity contribution in [2.45, 2.75) is 108 Å². The summed E-state index contributed by atoms with van der Waals surface area (Å²) >= 11 is 0. The molecular formula is C26H41NO2S. The van der Waals surface area contributed by atoms with E-state index < -0.39 is 10.0 Å². The molecule has 0 aliphatic rings. The fourth-order valence-electron chi connectivity index (χ4n) is 4.33. The molecule has 0 heterocycles. The lowest BCUT2D eigenvalue weighted by atomic mass is 10.0. The largest absolute Gasteiger partial charge is 0.238 e. The molecule has 2 aromatic carbocycles. The van der Waals surface area contributed by atoms with Gasteiger partial charge in [0.2, 0.25) is 10.0 Å². The molecule has 0 bridgehead atoms. The maximum atomic E-state index is 12.2. The van der Waals surface area contributed by atoms with Gasteiger partial charge in [0.25, 0.3) is 0 Å². The first-order valence-electron chi connectivity index (χ1n) is 12.1. The van der Waals surface area contributed by atoms with Crippen LogP contribution in [0, 0.1) is 0 Å². The quantitative estimate of drug-likeness (QED) is 0.279. The highest BCUT2D eigenvalue weighted by Crippen LogP contribution is 2.27. The van der Waals surface area contributed by atoms with Crippen LogP contribution in [0.5, 0.6) is 0 Å². The molecule has 0 radical (unpaired) electrons. The van der Waals surface area contributed by atoms with Gasteiger partial charge in [0.05, 0.1) is 4.90 Å². The standard InChI is InChI=1S/C26H41NO2S/c1-2-3-4-5-6-7-8-9-10-11-12-13-14-15-19-24-22-21-23-18-16-17-20-25(23)26(24)30(27,28)29/h16-18,20-22H,2-15,19H2,1H3,(H2,27,28,29). The van der Waals surface area contributed by atoms with Gasteiger partial charge in [-0.2, -0.15) is 0 Å². The van der Waals surface area contributed by atoms with Crippen molar-refractivity contribution >= 4 is 20.8 Å². The molecule has 0 spiro atoms. The second-order valence-corrected chi connectivity index (χ2v) is 10.2. The first-order valence-corrected chi connectivity index (χ1v) is 13.6. The Hall–Kier alpha value is -1.39. The number of primary sulfonamides is 1. The summed E-state index contributed by atoms with van der Waals surface area (Å²) in [6, 6.07) is 11.5. The third-order valence-electron chi connectivity index (χ3n) is 6.05. The Morgan fingerprint density at radius 3 is 1.70 bits per heavy atom. The number of benzene rings is 2. The van der Waals surface area contributed by atoms with Gasteiger partial charge in [-0.3, -0.25) is 0 Å². The average Bonchev–Trinajstić information content (AvgIpc) is 2.72. The van der Waals surface area contributed by atoms with E-state index >= 15 is 0 Å². The van der Waals surface area contributed by atoms with Crippen molar-refractivity contribution < 1.29 is 8.42 Å². The first kappa shape index (κ1) is 24.9. The zero-order valence-electron chi connectivity index (χ0n) is 18.9. The van der Waals surface area contributed by atoms with Crippen LogP contribution in [0.2, 0.25) is 0 Å². The highest BCUT2D eigenvalue weighted by molar-refractivity contribution is 7.89. The van der Waals surface area contributed by atoms with E-state index in [0.29, 0.717) is 4.90 Å². The summed E-state index contributed by atoms with van der Waals surface area (Å²) < 4.78 is 24.4. The second kappa shape index (κ2) is 13.8. The van der Waals surface area contributed by atoms with Crippen LogP contribution >= 0.6 is 0 Å². The molecule has 2 N–H and O–H groups in total. The Labute approximate surface area is 184 Å². The van der Waals surface area contributed by atoms with Crippen LogP contribution in [0.15, 0.2) is 41.3 Å². The minimum Gasteiger partial charge on any atom is -0.225 e. The van der Waals surface area contributed by atoms with Gasteiger partial charge >= 0.3 is 0 Å². The summed E-state index contributed by atoms with van der Waals surface area (Å²) in [7, 11) is -3.73. The Kier molecular flexibility index (Phi) is 11.5. The predicted molar refractivity (Wildman–Crippen MR) is 129 cm³/mol. The van der Waals surface area contributed by atoms with Gasteiger partial charge in [-0.1, -0.05) is 127 Å². The maximum Gasteiger partial charge on any atom is 0.238 e. The SMILES string of the molecule is CCCCCCCCCCCCCCCCc1ccc2ccccc2c1S(N)(=O)=O. The van der Waals surface area contributed by atoms with E-state index in [0.717, 1.165) is 35.6 Å². The molecular weight excluding hydrogens is 390 g/mol. The Bertz CT molecular complexity index is 845. The molecule has 2 rings (SSSR count). The van der Waals surface area contributed by atoms with Crippen LogP contribution in [0.1, 0.15) is 102 Å². The molecule has 0 saturated carbocycles. The zero-order chi connectivity index (χ0) is 21.7. The van der Waals surface area contributed by atoms with Crippen molar-refractivity contribution in [3.8, 4) is 0 Å². The predicted octanol–water partition coefficient (Wildman–Crippen LogP) is 7.51. The Balaban J connectivity index is 1.62. The lowest BCUT2D eigenvalue weighted by molar-refractivity contribution is 0.535. The summed E-state index contributed by atoms with van der Waals surface area (Å²) in [5.74, 6) is 0. The van der Waals surface area contributed by atoms with E-state index in [-0.39, 0.29) is 0 Å². The number of hydrogen-bond acceptors (Lipinski definition) is 2. The van der Waals surface area contributed by atoms with Crippen LogP contribution in [-0.4, -0.2) is 8.42 Å². The second-order valence-electron chi connectivity index (χ2n) is 8.67. The van der Waals surface area contributed by atoms with Crippen molar-refractivity contribution in [1.29, 1.82) is 0 Å². The summed E-state index contributed by atoms with van der Waals surface area (Å²) in [4.78, 5) is 0.315. The molecule has 2 aromatic rings. The van der Waals surface area contributed by atoms with Crippen LogP contribution in [0.4, 0.5) is 0 Å². The van der Waals surface area contributed by atoms with Crippen LogP contribution in [0.3, 0.4) is 0 Å². The Morgan fingerprint density at radius 2 is 1.17 bits per heavy atom. The molecule has 168 valence electrons. The summed E-state index contributed by atoms with van der Waals surface area (Å²) in [5.41, 5.74) is 0.857. The maximum absolute atomic E-state index is 12.2. The molecule has 0 saturated heterocycles. The van der Waals surface area contributed by atoms with Gasteiger partial charge in [-0.25, -0.2) is 13.6 Å². The van der Waals surface area contributed by atoms with E-state index in [2.05, 4.69) is 6.92 Å². The van der Waals surface area contributed by atoms with Gasteiger partial charge in [0, 0.05) is 5.39 Å². The van der Waals surface area contributed by atoms with E-state index in [1.807, 2.05) is 36.4 Å². The fraction of sp³-hybridized carbons (Fsp3) is 0.615. The third-order valence-corrected chi connectivity index (χ3v) is 7.10. The summed E-state index contributed by atoms with van der Waals surface area (Å²) in [6.07, 6.45) is 19.3. The average molecular weight is 432 g/mol. The van der Waals surface area contributed by atoms with Gasteiger partial charge in [-0.05, 0) is 23.8 Å². The highest BCUT2D eigenvalue weighted by Gasteiger charge is 2.17. The number of sulfonamides is 1. The monoisotopic (exact) mass is 431 g/mol. The van der Waals surface area contributed by atoms with Gasteiger partial charge in [0.1, 0.15) is 0 Å².